The summed E-state index contributed by atoms with van der Waals surface area (Å²) in [5.41, 5.74) is 8.77. The van der Waals surface area contributed by atoms with Gasteiger partial charge in [-0.3, -0.25) is 4.79 Å². The number of amides is 1. The summed E-state index contributed by atoms with van der Waals surface area (Å²) in [5, 5.41) is 8.73. The van der Waals surface area contributed by atoms with Crippen molar-refractivity contribution in [2.45, 2.75) is 0 Å². The highest BCUT2D eigenvalue weighted by Gasteiger charge is 2.17. The molecule has 0 fully saturated rings. The molecule has 0 saturated carbocycles. The van der Waals surface area contributed by atoms with Crippen LogP contribution in [0.4, 0.5) is 15.9 Å². The summed E-state index contributed by atoms with van der Waals surface area (Å²) in [7, 11) is 0. The van der Waals surface area contributed by atoms with E-state index in [0.717, 1.165) is 22.0 Å². The number of benzene rings is 4. The van der Waals surface area contributed by atoms with Crippen LogP contribution in [0.15, 0.2) is 83.4 Å². The number of hydrogen-bond acceptors (Lipinski definition) is 4. The van der Waals surface area contributed by atoms with Crippen molar-refractivity contribution < 1.29 is 13.7 Å². The lowest BCUT2D eigenvalue weighted by atomic mass is 9.96. The van der Waals surface area contributed by atoms with Crippen molar-refractivity contribution in [2.75, 3.05) is 11.1 Å². The Labute approximate surface area is 170 Å². The van der Waals surface area contributed by atoms with Crippen LogP contribution in [0.3, 0.4) is 0 Å². The van der Waals surface area contributed by atoms with Gasteiger partial charge >= 0.3 is 0 Å². The molecule has 0 aliphatic heterocycles. The van der Waals surface area contributed by atoms with E-state index < -0.39 is 5.82 Å². The maximum Gasteiger partial charge on any atom is 0.256 e. The molecule has 0 aliphatic carbocycles. The molecule has 0 saturated heterocycles. The summed E-state index contributed by atoms with van der Waals surface area (Å²) in [6.07, 6.45) is 0. The molecule has 1 aromatic heterocycles. The Hall–Kier alpha value is -4.19. The lowest BCUT2D eigenvalue weighted by Crippen LogP contribution is -2.12. The lowest BCUT2D eigenvalue weighted by molar-refractivity contribution is 0.102. The number of fused-ring (bicyclic) bond motifs is 2. The summed E-state index contributed by atoms with van der Waals surface area (Å²) in [6, 6.07) is 23.5. The van der Waals surface area contributed by atoms with Crippen LogP contribution in [0.25, 0.3) is 32.9 Å². The summed E-state index contributed by atoms with van der Waals surface area (Å²) < 4.78 is 19.1. The van der Waals surface area contributed by atoms with E-state index in [1.54, 1.807) is 12.1 Å². The zero-order chi connectivity index (χ0) is 20.7. The van der Waals surface area contributed by atoms with E-state index >= 15 is 0 Å². The summed E-state index contributed by atoms with van der Waals surface area (Å²) in [4.78, 5) is 12.8. The van der Waals surface area contributed by atoms with Crippen molar-refractivity contribution >= 4 is 39.2 Å². The van der Waals surface area contributed by atoms with Gasteiger partial charge in [0.15, 0.2) is 11.6 Å². The molecule has 0 aliphatic rings. The van der Waals surface area contributed by atoms with Gasteiger partial charge in [0, 0.05) is 11.3 Å². The number of rotatable bonds is 3. The molecule has 0 spiro atoms. The minimum atomic E-state index is -0.515. The van der Waals surface area contributed by atoms with Gasteiger partial charge in [-0.25, -0.2) is 4.39 Å². The standard InChI is InChI=1S/C24H16FN3O2/c25-20-12-11-18(21-22(20)30-28-23(21)26)15-9-10-17-14(13-15)5-4-8-19(17)24(29)27-16-6-2-1-3-7-16/h1-13H,(H2,26,28)(H,27,29). The van der Waals surface area contributed by atoms with Gasteiger partial charge in [-0.1, -0.05) is 53.7 Å². The fraction of sp³-hybridized carbons (Fsp3) is 0. The molecule has 30 heavy (non-hydrogen) atoms. The smallest absolute Gasteiger partial charge is 0.256 e. The van der Waals surface area contributed by atoms with Gasteiger partial charge in [-0.2, -0.15) is 0 Å². The minimum Gasteiger partial charge on any atom is -0.380 e. The molecule has 0 radical (unpaired) electrons. The molecule has 0 atom stereocenters. The number of hydrogen-bond donors (Lipinski definition) is 2. The molecule has 5 nitrogen and oxygen atoms in total. The number of carbonyl (C=O) groups excluding carboxylic acids is 1. The largest absolute Gasteiger partial charge is 0.380 e. The fourth-order valence-electron chi connectivity index (χ4n) is 3.65. The topological polar surface area (TPSA) is 81.2 Å². The van der Waals surface area contributed by atoms with Crippen LogP contribution in [0.5, 0.6) is 0 Å². The highest BCUT2D eigenvalue weighted by atomic mass is 19.1. The number of anilines is 2. The molecule has 1 heterocycles. The third-order valence-electron chi connectivity index (χ3n) is 5.07. The van der Waals surface area contributed by atoms with E-state index in [-0.39, 0.29) is 17.3 Å². The highest BCUT2D eigenvalue weighted by Crippen LogP contribution is 2.35. The van der Waals surface area contributed by atoms with Crippen molar-refractivity contribution in [3.63, 3.8) is 0 Å². The number of nitrogens with zero attached hydrogens (tertiary/aromatic N) is 1. The Kier molecular flexibility index (Phi) is 4.17. The van der Waals surface area contributed by atoms with E-state index in [1.165, 1.54) is 6.07 Å². The first-order chi connectivity index (χ1) is 14.6. The second-order valence-corrected chi connectivity index (χ2v) is 6.93. The Morgan fingerprint density at radius 2 is 1.80 bits per heavy atom. The molecule has 146 valence electrons. The second kappa shape index (κ2) is 7.00. The van der Waals surface area contributed by atoms with E-state index in [4.69, 9.17) is 10.3 Å². The molecule has 3 N–H and O–H groups in total. The average molecular weight is 397 g/mol. The van der Waals surface area contributed by atoms with Crippen LogP contribution in [0.2, 0.25) is 0 Å². The molecular weight excluding hydrogens is 381 g/mol. The van der Waals surface area contributed by atoms with Crippen molar-refractivity contribution in [2.24, 2.45) is 0 Å². The van der Waals surface area contributed by atoms with E-state index in [9.17, 15) is 9.18 Å². The number of nitrogens with one attached hydrogen (secondary N) is 1. The molecule has 6 heteroatoms. The molecule has 1 amide bonds. The van der Waals surface area contributed by atoms with Gasteiger partial charge in [0.25, 0.3) is 5.91 Å². The Bertz CT molecular complexity index is 1410. The maximum atomic E-state index is 14.0. The predicted octanol–water partition coefficient (Wildman–Crippen LogP) is 5.62. The van der Waals surface area contributed by atoms with Crippen molar-refractivity contribution in [1.82, 2.24) is 5.16 Å². The summed E-state index contributed by atoms with van der Waals surface area (Å²) >= 11 is 0. The number of aromatic nitrogens is 1. The van der Waals surface area contributed by atoms with Crippen molar-refractivity contribution in [3.05, 3.63) is 90.2 Å². The number of carbonyl (C=O) groups is 1. The minimum absolute atomic E-state index is 0.0288. The number of para-hydroxylation sites is 1. The maximum absolute atomic E-state index is 14.0. The molecule has 5 rings (SSSR count). The van der Waals surface area contributed by atoms with Crippen LogP contribution >= 0.6 is 0 Å². The third-order valence-corrected chi connectivity index (χ3v) is 5.07. The average Bonchev–Trinajstić information content (AvgIpc) is 3.16. The van der Waals surface area contributed by atoms with Gasteiger partial charge in [0.1, 0.15) is 0 Å². The summed E-state index contributed by atoms with van der Waals surface area (Å²) in [6.45, 7) is 0. The van der Waals surface area contributed by atoms with Gasteiger partial charge in [0.2, 0.25) is 5.58 Å². The zero-order valence-corrected chi connectivity index (χ0v) is 15.7. The quantitative estimate of drug-likeness (QED) is 0.414. The lowest BCUT2D eigenvalue weighted by Gasteiger charge is -2.10. The Morgan fingerprint density at radius 3 is 2.63 bits per heavy atom. The van der Waals surface area contributed by atoms with E-state index in [2.05, 4.69) is 10.5 Å². The first-order valence-corrected chi connectivity index (χ1v) is 9.35. The first-order valence-electron chi connectivity index (χ1n) is 9.35. The summed E-state index contributed by atoms with van der Waals surface area (Å²) in [5.74, 6) is -0.568. The van der Waals surface area contributed by atoms with Crippen LogP contribution in [-0.4, -0.2) is 11.1 Å². The van der Waals surface area contributed by atoms with Crippen LogP contribution in [0.1, 0.15) is 10.4 Å². The Morgan fingerprint density at radius 1 is 0.967 bits per heavy atom. The fourth-order valence-corrected chi connectivity index (χ4v) is 3.65. The monoisotopic (exact) mass is 397 g/mol. The zero-order valence-electron chi connectivity index (χ0n) is 15.7. The van der Waals surface area contributed by atoms with E-state index in [0.29, 0.717) is 16.5 Å². The molecule has 5 aromatic rings. The molecule has 0 bridgehead atoms. The van der Waals surface area contributed by atoms with Gasteiger partial charge in [-0.05, 0) is 52.2 Å². The molecular formula is C24H16FN3O2. The third kappa shape index (κ3) is 2.95. The van der Waals surface area contributed by atoms with Crippen LogP contribution < -0.4 is 11.1 Å². The van der Waals surface area contributed by atoms with Gasteiger partial charge in [-0.15, -0.1) is 0 Å². The second-order valence-electron chi connectivity index (χ2n) is 6.93. The molecule has 0 unspecified atom stereocenters. The van der Waals surface area contributed by atoms with Crippen molar-refractivity contribution in [1.29, 1.82) is 0 Å². The van der Waals surface area contributed by atoms with E-state index in [1.807, 2.05) is 60.7 Å². The van der Waals surface area contributed by atoms with Crippen molar-refractivity contribution in [3.8, 4) is 11.1 Å². The predicted molar refractivity (Wildman–Crippen MR) is 116 cm³/mol. The normalized spacial score (nSPS) is 11.1. The Balaban J connectivity index is 1.59. The SMILES string of the molecule is Nc1noc2c(F)ccc(-c3ccc4c(C(=O)Nc5ccccc5)cccc4c3)c12. The number of nitrogen functional groups attached to an aromatic ring is 1. The van der Waals surface area contributed by atoms with Gasteiger partial charge < -0.3 is 15.6 Å². The van der Waals surface area contributed by atoms with Gasteiger partial charge in [0.05, 0.1) is 5.39 Å². The highest BCUT2D eigenvalue weighted by molar-refractivity contribution is 6.13. The molecule has 4 aromatic carbocycles. The van der Waals surface area contributed by atoms with Crippen LogP contribution in [0, 0.1) is 5.82 Å². The number of nitrogens with two attached hydrogens (primary N) is 1. The first kappa shape index (κ1) is 17.9. The van der Waals surface area contributed by atoms with Crippen LogP contribution in [-0.2, 0) is 0 Å². The number of halogens is 1.